The van der Waals surface area contributed by atoms with E-state index in [1.807, 2.05) is 12.1 Å². The zero-order chi connectivity index (χ0) is 16.8. The number of nitriles is 1. The van der Waals surface area contributed by atoms with Gasteiger partial charge in [0.1, 0.15) is 0 Å². The van der Waals surface area contributed by atoms with E-state index in [0.29, 0.717) is 0 Å². The SMILES string of the molecule is CCCCc1ccc(C2(c3ccc(C#N)cc3)CCCCC2)cc1. The number of hydrogen-bond donors (Lipinski definition) is 0. The third-order valence-corrected chi connectivity index (χ3v) is 5.60. The third-order valence-electron chi connectivity index (χ3n) is 5.60. The normalized spacial score (nSPS) is 16.5. The topological polar surface area (TPSA) is 23.8 Å². The molecule has 0 bridgehead atoms. The van der Waals surface area contributed by atoms with E-state index in [2.05, 4.69) is 49.4 Å². The first-order valence-electron chi connectivity index (χ1n) is 9.38. The Bertz CT molecular complexity index is 682. The molecule has 0 spiro atoms. The highest BCUT2D eigenvalue weighted by Crippen LogP contribution is 2.44. The van der Waals surface area contributed by atoms with Crippen LogP contribution in [-0.4, -0.2) is 0 Å². The van der Waals surface area contributed by atoms with Crippen molar-refractivity contribution in [3.8, 4) is 6.07 Å². The first-order valence-corrected chi connectivity index (χ1v) is 9.38. The first-order chi connectivity index (χ1) is 11.8. The molecule has 124 valence electrons. The summed E-state index contributed by atoms with van der Waals surface area (Å²) < 4.78 is 0. The van der Waals surface area contributed by atoms with Crippen molar-refractivity contribution < 1.29 is 0 Å². The van der Waals surface area contributed by atoms with Crippen molar-refractivity contribution in [3.05, 3.63) is 70.8 Å². The van der Waals surface area contributed by atoms with Crippen LogP contribution in [0.5, 0.6) is 0 Å². The average molecular weight is 317 g/mol. The minimum atomic E-state index is 0.134. The van der Waals surface area contributed by atoms with Gasteiger partial charge in [0, 0.05) is 5.41 Å². The Morgan fingerprint density at radius 1 is 0.875 bits per heavy atom. The Hall–Kier alpha value is -2.07. The van der Waals surface area contributed by atoms with Crippen molar-refractivity contribution in [2.24, 2.45) is 0 Å². The Morgan fingerprint density at radius 3 is 2.00 bits per heavy atom. The largest absolute Gasteiger partial charge is 0.192 e. The summed E-state index contributed by atoms with van der Waals surface area (Å²) in [7, 11) is 0. The van der Waals surface area contributed by atoms with Crippen LogP contribution in [0.1, 0.15) is 74.1 Å². The highest BCUT2D eigenvalue weighted by molar-refractivity contribution is 5.43. The van der Waals surface area contributed by atoms with Gasteiger partial charge < -0.3 is 0 Å². The zero-order valence-corrected chi connectivity index (χ0v) is 14.7. The molecule has 1 aliphatic rings. The fourth-order valence-electron chi connectivity index (χ4n) is 4.13. The second-order valence-electron chi connectivity index (χ2n) is 7.13. The van der Waals surface area contributed by atoms with Gasteiger partial charge in [0.15, 0.2) is 0 Å². The Morgan fingerprint density at radius 2 is 1.46 bits per heavy atom. The van der Waals surface area contributed by atoms with Crippen molar-refractivity contribution in [3.63, 3.8) is 0 Å². The maximum atomic E-state index is 9.07. The van der Waals surface area contributed by atoms with Gasteiger partial charge in [-0.15, -0.1) is 0 Å². The maximum Gasteiger partial charge on any atom is 0.0991 e. The summed E-state index contributed by atoms with van der Waals surface area (Å²) in [6.45, 7) is 2.25. The molecule has 3 rings (SSSR count). The minimum absolute atomic E-state index is 0.134. The average Bonchev–Trinajstić information content (AvgIpc) is 2.67. The molecule has 1 nitrogen and oxygen atoms in total. The molecule has 1 heteroatoms. The molecule has 2 aromatic carbocycles. The lowest BCUT2D eigenvalue weighted by atomic mass is 9.65. The van der Waals surface area contributed by atoms with E-state index >= 15 is 0 Å². The molecule has 0 atom stereocenters. The van der Waals surface area contributed by atoms with E-state index in [4.69, 9.17) is 5.26 Å². The molecule has 0 unspecified atom stereocenters. The van der Waals surface area contributed by atoms with E-state index in [1.165, 1.54) is 68.1 Å². The quantitative estimate of drug-likeness (QED) is 0.648. The second-order valence-corrected chi connectivity index (χ2v) is 7.13. The molecular formula is C23H27N. The first kappa shape index (κ1) is 16.8. The fourth-order valence-corrected chi connectivity index (χ4v) is 4.13. The predicted octanol–water partition coefficient (Wildman–Crippen LogP) is 6.15. The molecule has 0 aromatic heterocycles. The smallest absolute Gasteiger partial charge is 0.0991 e. The van der Waals surface area contributed by atoms with Gasteiger partial charge in [0.25, 0.3) is 0 Å². The molecule has 1 fully saturated rings. The van der Waals surface area contributed by atoms with Crippen molar-refractivity contribution >= 4 is 0 Å². The van der Waals surface area contributed by atoms with E-state index in [0.717, 1.165) is 5.56 Å². The highest BCUT2D eigenvalue weighted by Gasteiger charge is 2.35. The maximum absolute atomic E-state index is 9.07. The van der Waals surface area contributed by atoms with Gasteiger partial charge in [-0.2, -0.15) is 5.26 Å². The molecule has 24 heavy (non-hydrogen) atoms. The number of nitrogens with zero attached hydrogens (tertiary/aromatic N) is 1. The van der Waals surface area contributed by atoms with E-state index in [-0.39, 0.29) is 5.41 Å². The van der Waals surface area contributed by atoms with Crippen LogP contribution in [-0.2, 0) is 11.8 Å². The molecule has 1 saturated carbocycles. The summed E-state index contributed by atoms with van der Waals surface area (Å²) in [5.41, 5.74) is 5.16. The lowest BCUT2D eigenvalue weighted by Gasteiger charge is -2.38. The molecule has 0 amide bonds. The standard InChI is InChI=1S/C23H27N/c1-2-3-7-19-8-12-21(13-9-19)23(16-5-4-6-17-23)22-14-10-20(18-24)11-15-22/h8-15H,2-7,16-17H2,1H3. The Balaban J connectivity index is 1.94. The van der Waals surface area contributed by atoms with Crippen molar-refractivity contribution in [1.29, 1.82) is 5.26 Å². The third kappa shape index (κ3) is 3.39. The number of unbranched alkanes of at least 4 members (excludes halogenated alkanes) is 1. The molecule has 0 N–H and O–H groups in total. The molecular weight excluding hydrogens is 290 g/mol. The van der Waals surface area contributed by atoms with Crippen LogP contribution in [0.3, 0.4) is 0 Å². The van der Waals surface area contributed by atoms with E-state index < -0.39 is 0 Å². The molecule has 2 aromatic rings. The van der Waals surface area contributed by atoms with Gasteiger partial charge >= 0.3 is 0 Å². The van der Waals surface area contributed by atoms with Crippen LogP contribution in [0.2, 0.25) is 0 Å². The number of rotatable bonds is 5. The van der Waals surface area contributed by atoms with E-state index in [9.17, 15) is 0 Å². The lowest BCUT2D eigenvalue weighted by molar-refractivity contribution is 0.346. The van der Waals surface area contributed by atoms with Gasteiger partial charge in [-0.25, -0.2) is 0 Å². The fraction of sp³-hybridized carbons (Fsp3) is 0.435. The summed E-state index contributed by atoms with van der Waals surface area (Å²) >= 11 is 0. The number of hydrogen-bond acceptors (Lipinski definition) is 1. The number of benzene rings is 2. The molecule has 0 saturated heterocycles. The molecule has 0 radical (unpaired) electrons. The van der Waals surface area contributed by atoms with Crippen LogP contribution in [0, 0.1) is 11.3 Å². The Labute approximate surface area is 146 Å². The summed E-state index contributed by atoms with van der Waals surface area (Å²) in [6, 6.07) is 19.9. The van der Waals surface area contributed by atoms with Crippen LogP contribution in [0.4, 0.5) is 0 Å². The number of aryl methyl sites for hydroxylation is 1. The predicted molar refractivity (Wildman–Crippen MR) is 100 cm³/mol. The molecule has 0 heterocycles. The zero-order valence-electron chi connectivity index (χ0n) is 14.7. The van der Waals surface area contributed by atoms with Gasteiger partial charge in [-0.1, -0.05) is 69.0 Å². The summed E-state index contributed by atoms with van der Waals surface area (Å²) in [5.74, 6) is 0. The van der Waals surface area contributed by atoms with Crippen LogP contribution in [0.15, 0.2) is 48.5 Å². The van der Waals surface area contributed by atoms with E-state index in [1.54, 1.807) is 0 Å². The van der Waals surface area contributed by atoms with Gasteiger partial charge in [-0.3, -0.25) is 0 Å². The summed E-state index contributed by atoms with van der Waals surface area (Å²) in [6.07, 6.45) is 10.0. The van der Waals surface area contributed by atoms with Gasteiger partial charge in [0.2, 0.25) is 0 Å². The summed E-state index contributed by atoms with van der Waals surface area (Å²) in [4.78, 5) is 0. The highest BCUT2D eigenvalue weighted by atomic mass is 14.4. The van der Waals surface area contributed by atoms with Crippen molar-refractivity contribution in [2.45, 2.75) is 63.7 Å². The van der Waals surface area contributed by atoms with Crippen LogP contribution < -0.4 is 0 Å². The molecule has 1 aliphatic carbocycles. The Kier molecular flexibility index (Phi) is 5.36. The van der Waals surface area contributed by atoms with Crippen molar-refractivity contribution in [1.82, 2.24) is 0 Å². The van der Waals surface area contributed by atoms with Crippen LogP contribution >= 0.6 is 0 Å². The van der Waals surface area contributed by atoms with Crippen molar-refractivity contribution in [2.75, 3.05) is 0 Å². The second kappa shape index (κ2) is 7.67. The minimum Gasteiger partial charge on any atom is -0.192 e. The van der Waals surface area contributed by atoms with Crippen LogP contribution in [0.25, 0.3) is 0 Å². The summed E-state index contributed by atoms with van der Waals surface area (Å²) in [5, 5.41) is 9.07. The van der Waals surface area contributed by atoms with Gasteiger partial charge in [-0.05, 0) is 54.5 Å². The monoisotopic (exact) mass is 317 g/mol. The molecule has 0 aliphatic heterocycles. The lowest BCUT2D eigenvalue weighted by Crippen LogP contribution is -2.30. The van der Waals surface area contributed by atoms with Gasteiger partial charge in [0.05, 0.1) is 11.6 Å².